The summed E-state index contributed by atoms with van der Waals surface area (Å²) in [7, 11) is 0. The van der Waals surface area contributed by atoms with Crippen molar-refractivity contribution in [1.29, 1.82) is 0 Å². The normalized spacial score (nSPS) is 11.1. The van der Waals surface area contributed by atoms with Gasteiger partial charge >= 0.3 is 5.97 Å². The lowest BCUT2D eigenvalue weighted by molar-refractivity contribution is -0.158. The lowest BCUT2D eigenvalue weighted by Crippen LogP contribution is -2.39. The van der Waals surface area contributed by atoms with Gasteiger partial charge in [0.25, 0.3) is 0 Å². The van der Waals surface area contributed by atoms with E-state index in [0.717, 1.165) is 16.5 Å². The first-order valence-electron chi connectivity index (χ1n) is 9.53. The minimum atomic E-state index is -1.09. The standard InChI is InChI=1S/C21H25N5O3S/c1-6-28-19(27)21(4,5)29-16-9-7-8-15(10-16)25-17-11-18(24-14(3)23-17)26-20-22-13(2)12-30-20/h7-12H,6H2,1-5H3,(H2,22,23,24,25,26). The summed E-state index contributed by atoms with van der Waals surface area (Å²) in [6.45, 7) is 9.19. The molecular formula is C21H25N5O3S. The fraction of sp³-hybridized carbons (Fsp3) is 0.333. The second-order valence-corrected chi connectivity index (χ2v) is 7.95. The van der Waals surface area contributed by atoms with E-state index in [1.54, 1.807) is 39.0 Å². The topological polar surface area (TPSA) is 98.3 Å². The van der Waals surface area contributed by atoms with Crippen LogP contribution in [0.3, 0.4) is 0 Å². The van der Waals surface area contributed by atoms with Crippen molar-refractivity contribution < 1.29 is 14.3 Å². The molecule has 3 aromatic rings. The number of carbonyl (C=O) groups excluding carboxylic acids is 1. The van der Waals surface area contributed by atoms with Gasteiger partial charge in [0.15, 0.2) is 10.7 Å². The molecule has 0 aliphatic heterocycles. The third-order valence-corrected chi connectivity index (χ3v) is 4.81. The molecule has 0 aliphatic carbocycles. The van der Waals surface area contributed by atoms with Gasteiger partial charge in [0.05, 0.1) is 12.3 Å². The lowest BCUT2D eigenvalue weighted by Gasteiger charge is -2.24. The van der Waals surface area contributed by atoms with E-state index in [1.165, 1.54) is 11.3 Å². The molecule has 0 aliphatic rings. The van der Waals surface area contributed by atoms with Crippen LogP contribution >= 0.6 is 11.3 Å². The van der Waals surface area contributed by atoms with Crippen molar-refractivity contribution in [3.63, 3.8) is 0 Å². The molecule has 0 bridgehead atoms. The van der Waals surface area contributed by atoms with E-state index in [0.29, 0.717) is 29.8 Å². The van der Waals surface area contributed by atoms with Gasteiger partial charge in [0, 0.05) is 23.2 Å². The highest BCUT2D eigenvalue weighted by Crippen LogP contribution is 2.26. The molecule has 158 valence electrons. The monoisotopic (exact) mass is 427 g/mol. The SMILES string of the molecule is CCOC(=O)C(C)(C)Oc1cccc(Nc2cc(Nc3nc(C)cs3)nc(C)n2)c1. The van der Waals surface area contributed by atoms with E-state index in [-0.39, 0.29) is 0 Å². The molecule has 2 heterocycles. The molecule has 0 unspecified atom stereocenters. The van der Waals surface area contributed by atoms with Crippen LogP contribution in [0.4, 0.5) is 22.5 Å². The van der Waals surface area contributed by atoms with Crippen LogP contribution in [0, 0.1) is 13.8 Å². The lowest BCUT2D eigenvalue weighted by atomic mass is 10.1. The number of esters is 1. The van der Waals surface area contributed by atoms with Crippen LogP contribution in [0.5, 0.6) is 5.75 Å². The van der Waals surface area contributed by atoms with E-state index in [9.17, 15) is 4.79 Å². The molecule has 8 nitrogen and oxygen atoms in total. The van der Waals surface area contributed by atoms with Gasteiger partial charge in [-0.05, 0) is 46.8 Å². The van der Waals surface area contributed by atoms with Gasteiger partial charge in [-0.25, -0.2) is 19.7 Å². The number of nitrogens with zero attached hydrogens (tertiary/aromatic N) is 3. The summed E-state index contributed by atoms with van der Waals surface area (Å²) in [6, 6.07) is 9.12. The van der Waals surface area contributed by atoms with E-state index < -0.39 is 11.6 Å². The summed E-state index contributed by atoms with van der Waals surface area (Å²) >= 11 is 1.52. The van der Waals surface area contributed by atoms with Crippen molar-refractivity contribution >= 4 is 39.8 Å². The fourth-order valence-electron chi connectivity index (χ4n) is 2.64. The maximum absolute atomic E-state index is 12.1. The summed E-state index contributed by atoms with van der Waals surface area (Å²) in [5.41, 5.74) is 0.624. The highest BCUT2D eigenvalue weighted by Gasteiger charge is 2.31. The van der Waals surface area contributed by atoms with Gasteiger partial charge in [-0.2, -0.15) is 0 Å². The Morgan fingerprint density at radius 1 is 1.10 bits per heavy atom. The molecule has 0 amide bonds. The second kappa shape index (κ2) is 9.08. The Kier molecular flexibility index (Phi) is 6.51. The number of aromatic nitrogens is 3. The number of rotatable bonds is 8. The number of carbonyl (C=O) groups is 1. The van der Waals surface area contributed by atoms with Crippen LogP contribution in [0.2, 0.25) is 0 Å². The number of anilines is 4. The van der Waals surface area contributed by atoms with Crippen LogP contribution < -0.4 is 15.4 Å². The van der Waals surface area contributed by atoms with E-state index in [4.69, 9.17) is 9.47 Å². The quantitative estimate of drug-likeness (QED) is 0.497. The number of ether oxygens (including phenoxy) is 2. The zero-order valence-corrected chi connectivity index (χ0v) is 18.5. The van der Waals surface area contributed by atoms with Crippen molar-refractivity contribution in [2.24, 2.45) is 0 Å². The van der Waals surface area contributed by atoms with Gasteiger partial charge in [-0.1, -0.05) is 6.07 Å². The maximum atomic E-state index is 12.1. The molecule has 0 radical (unpaired) electrons. The summed E-state index contributed by atoms with van der Waals surface area (Å²) in [5.74, 6) is 2.02. The number of nitrogens with one attached hydrogen (secondary N) is 2. The molecule has 0 spiro atoms. The predicted molar refractivity (Wildman–Crippen MR) is 118 cm³/mol. The molecule has 0 saturated heterocycles. The van der Waals surface area contributed by atoms with Crippen molar-refractivity contribution in [1.82, 2.24) is 15.0 Å². The molecule has 3 rings (SSSR count). The summed E-state index contributed by atoms with van der Waals surface area (Å²) in [6.07, 6.45) is 0. The molecule has 0 atom stereocenters. The first-order valence-corrected chi connectivity index (χ1v) is 10.4. The number of benzene rings is 1. The van der Waals surface area contributed by atoms with Gasteiger partial charge < -0.3 is 20.1 Å². The molecule has 2 N–H and O–H groups in total. The summed E-state index contributed by atoms with van der Waals surface area (Å²) in [4.78, 5) is 25.3. The maximum Gasteiger partial charge on any atom is 0.349 e. The average molecular weight is 428 g/mol. The Balaban J connectivity index is 1.75. The molecule has 0 saturated carbocycles. The van der Waals surface area contributed by atoms with Crippen molar-refractivity contribution in [2.45, 2.75) is 40.2 Å². The van der Waals surface area contributed by atoms with Crippen LogP contribution in [0.15, 0.2) is 35.7 Å². The molecule has 0 fully saturated rings. The molecule has 30 heavy (non-hydrogen) atoms. The van der Waals surface area contributed by atoms with Gasteiger partial charge in [0.1, 0.15) is 23.2 Å². The third kappa shape index (κ3) is 5.66. The minimum Gasteiger partial charge on any atom is -0.476 e. The van der Waals surface area contributed by atoms with Crippen molar-refractivity contribution in [3.05, 3.63) is 47.2 Å². The van der Waals surface area contributed by atoms with Gasteiger partial charge in [-0.3, -0.25) is 0 Å². The van der Waals surface area contributed by atoms with E-state index in [2.05, 4.69) is 25.6 Å². The highest BCUT2D eigenvalue weighted by molar-refractivity contribution is 7.13. The molecule has 1 aromatic carbocycles. The molecule has 2 aromatic heterocycles. The van der Waals surface area contributed by atoms with Gasteiger partial charge in [0.2, 0.25) is 0 Å². The molecular weight excluding hydrogens is 402 g/mol. The Morgan fingerprint density at radius 2 is 1.83 bits per heavy atom. The first-order chi connectivity index (χ1) is 14.2. The number of thiazole rings is 1. The Hall–Kier alpha value is -3.20. The van der Waals surface area contributed by atoms with Crippen LogP contribution in [0.1, 0.15) is 32.3 Å². The second-order valence-electron chi connectivity index (χ2n) is 7.09. The fourth-order valence-corrected chi connectivity index (χ4v) is 3.34. The van der Waals surface area contributed by atoms with Crippen LogP contribution in [-0.4, -0.2) is 33.1 Å². The van der Waals surface area contributed by atoms with Crippen LogP contribution in [-0.2, 0) is 9.53 Å². The van der Waals surface area contributed by atoms with Crippen LogP contribution in [0.25, 0.3) is 0 Å². The smallest absolute Gasteiger partial charge is 0.349 e. The third-order valence-electron chi connectivity index (χ3n) is 3.94. The zero-order valence-electron chi connectivity index (χ0n) is 17.6. The highest BCUT2D eigenvalue weighted by atomic mass is 32.1. The minimum absolute atomic E-state index is 0.303. The van der Waals surface area contributed by atoms with E-state index >= 15 is 0 Å². The van der Waals surface area contributed by atoms with E-state index in [1.807, 2.05) is 31.4 Å². The van der Waals surface area contributed by atoms with Crippen molar-refractivity contribution in [2.75, 3.05) is 17.2 Å². The number of hydrogen-bond donors (Lipinski definition) is 2. The number of hydrogen-bond acceptors (Lipinski definition) is 9. The molecule has 9 heteroatoms. The Morgan fingerprint density at radius 3 is 2.50 bits per heavy atom. The Bertz CT molecular complexity index is 1030. The first kappa shape index (κ1) is 21.5. The predicted octanol–water partition coefficient (Wildman–Crippen LogP) is 4.76. The number of aryl methyl sites for hydroxylation is 2. The zero-order chi connectivity index (χ0) is 21.7. The summed E-state index contributed by atoms with van der Waals surface area (Å²) < 4.78 is 10.9. The summed E-state index contributed by atoms with van der Waals surface area (Å²) in [5, 5.41) is 9.19. The largest absolute Gasteiger partial charge is 0.476 e. The average Bonchev–Trinajstić information content (AvgIpc) is 3.06. The van der Waals surface area contributed by atoms with Crippen molar-refractivity contribution in [3.8, 4) is 5.75 Å². The Labute approximate surface area is 179 Å². The van der Waals surface area contributed by atoms with Gasteiger partial charge in [-0.15, -0.1) is 11.3 Å².